The number of amides is 1. The molecule has 0 unspecified atom stereocenters. The maximum absolute atomic E-state index is 13.7. The molecule has 2 aromatic heterocycles. The Hall–Kier alpha value is -2.40. The Morgan fingerprint density at radius 3 is 2.61 bits per heavy atom. The number of carbonyl (C=O) groups excluding carboxylic acids is 1. The highest BCUT2D eigenvalue weighted by Gasteiger charge is 2.38. The van der Waals surface area contributed by atoms with Gasteiger partial charge >= 0.3 is 0 Å². The quantitative estimate of drug-likeness (QED) is 0.740. The van der Waals surface area contributed by atoms with E-state index in [0.29, 0.717) is 50.7 Å². The Labute approximate surface area is 161 Å². The van der Waals surface area contributed by atoms with Crippen molar-refractivity contribution in [3.63, 3.8) is 0 Å². The average molecular weight is 409 g/mol. The van der Waals surface area contributed by atoms with E-state index in [1.165, 1.54) is 33.8 Å². The molecule has 0 N–H and O–H groups in total. The van der Waals surface area contributed by atoms with Crippen LogP contribution < -0.4 is 0 Å². The highest BCUT2D eigenvalue weighted by atomic mass is 32.2. The Bertz CT molecular complexity index is 981. The molecule has 0 atom stereocenters. The van der Waals surface area contributed by atoms with Crippen molar-refractivity contribution in [1.29, 1.82) is 0 Å². The van der Waals surface area contributed by atoms with E-state index in [4.69, 9.17) is 4.52 Å². The molecule has 11 heteroatoms. The number of piperidine rings is 1. The number of hydrogen-bond donors (Lipinski definition) is 0. The van der Waals surface area contributed by atoms with Gasteiger partial charge in [-0.3, -0.25) is 4.79 Å². The summed E-state index contributed by atoms with van der Waals surface area (Å²) in [6.45, 7) is 1.61. The Morgan fingerprint density at radius 2 is 1.96 bits per heavy atom. The largest absolute Gasteiger partial charge is 0.339 e. The van der Waals surface area contributed by atoms with Gasteiger partial charge in [0, 0.05) is 38.3 Å². The Kier molecular flexibility index (Phi) is 4.88. The van der Waals surface area contributed by atoms with E-state index in [-0.39, 0.29) is 17.5 Å². The van der Waals surface area contributed by atoms with Crippen molar-refractivity contribution < 1.29 is 22.1 Å². The van der Waals surface area contributed by atoms with Crippen LogP contribution in [0.4, 0.5) is 4.39 Å². The van der Waals surface area contributed by atoms with Crippen LogP contribution in [0.2, 0.25) is 0 Å². The summed E-state index contributed by atoms with van der Waals surface area (Å²) in [5, 5.41) is 4.04. The van der Waals surface area contributed by atoms with Crippen molar-refractivity contribution in [2.45, 2.75) is 24.7 Å². The molecule has 2 aliphatic heterocycles. The summed E-state index contributed by atoms with van der Waals surface area (Å²) < 4.78 is 43.7. The first kappa shape index (κ1) is 18.9. The number of pyridine rings is 1. The fraction of sp³-hybridized carbons (Fsp3) is 0.529. The van der Waals surface area contributed by atoms with Crippen LogP contribution >= 0.6 is 0 Å². The first-order valence-electron chi connectivity index (χ1n) is 9.01. The summed E-state index contributed by atoms with van der Waals surface area (Å²) in [5.74, 6) is -0.113. The third kappa shape index (κ3) is 3.63. The molecular formula is C17H20FN5O4S. The number of hydrogen-bond acceptors (Lipinski definition) is 7. The maximum Gasteiger partial charge on any atom is 0.275 e. The molecule has 0 aromatic carbocycles. The highest BCUT2D eigenvalue weighted by Crippen LogP contribution is 2.31. The van der Waals surface area contributed by atoms with E-state index in [9.17, 15) is 17.6 Å². The van der Waals surface area contributed by atoms with Gasteiger partial charge in [-0.15, -0.1) is 0 Å². The van der Waals surface area contributed by atoms with Gasteiger partial charge in [0.2, 0.25) is 15.9 Å². The highest BCUT2D eigenvalue weighted by molar-refractivity contribution is 7.88. The topological polar surface area (TPSA) is 110 Å². The Balaban J connectivity index is 1.34. The number of carbonyl (C=O) groups is 1. The number of rotatable bonds is 4. The lowest BCUT2D eigenvalue weighted by molar-refractivity contribution is 0.0558. The van der Waals surface area contributed by atoms with E-state index >= 15 is 0 Å². The fourth-order valence-electron chi connectivity index (χ4n) is 3.52. The first-order chi connectivity index (χ1) is 13.3. The monoisotopic (exact) mass is 409 g/mol. The van der Waals surface area contributed by atoms with E-state index in [1.807, 2.05) is 0 Å². The lowest BCUT2D eigenvalue weighted by Gasteiger charge is -2.36. The number of halogens is 1. The SMILES string of the molecule is CS(=O)(=O)N1CCC(c2noc(C3CN(C(=O)c4ncccc4F)C3)n2)CC1. The minimum atomic E-state index is -3.18. The summed E-state index contributed by atoms with van der Waals surface area (Å²) >= 11 is 0. The summed E-state index contributed by atoms with van der Waals surface area (Å²) in [4.78, 5) is 22.0. The van der Waals surface area contributed by atoms with Gasteiger partial charge in [-0.2, -0.15) is 4.98 Å². The van der Waals surface area contributed by atoms with Crippen molar-refractivity contribution >= 4 is 15.9 Å². The van der Waals surface area contributed by atoms with Crippen LogP contribution in [0.1, 0.15) is 46.9 Å². The van der Waals surface area contributed by atoms with E-state index in [1.54, 1.807) is 0 Å². The Morgan fingerprint density at radius 1 is 1.25 bits per heavy atom. The van der Waals surface area contributed by atoms with Crippen LogP contribution in [-0.4, -0.2) is 71.1 Å². The van der Waals surface area contributed by atoms with Crippen molar-refractivity contribution in [3.05, 3.63) is 41.6 Å². The van der Waals surface area contributed by atoms with E-state index in [0.717, 1.165) is 0 Å². The fourth-order valence-corrected chi connectivity index (χ4v) is 4.39. The standard InChI is InChI=1S/C17H20FN5O4S/c1-28(25,26)23-7-4-11(5-8-23)15-20-16(27-21-15)12-9-22(10-12)17(24)14-13(18)3-2-6-19-14/h2-3,6,11-12H,4-5,7-10H2,1H3. The number of sulfonamides is 1. The molecule has 9 nitrogen and oxygen atoms in total. The third-order valence-corrected chi connectivity index (χ3v) is 6.53. The van der Waals surface area contributed by atoms with Crippen LogP contribution in [0.25, 0.3) is 0 Å². The molecule has 2 fully saturated rings. The lowest BCUT2D eigenvalue weighted by Crippen LogP contribution is -2.49. The van der Waals surface area contributed by atoms with E-state index in [2.05, 4.69) is 15.1 Å². The van der Waals surface area contributed by atoms with Crippen molar-refractivity contribution in [3.8, 4) is 0 Å². The molecule has 4 heterocycles. The molecular weight excluding hydrogens is 389 g/mol. The number of aromatic nitrogens is 3. The van der Waals surface area contributed by atoms with Crippen LogP contribution in [0.15, 0.2) is 22.9 Å². The van der Waals surface area contributed by atoms with Gasteiger partial charge in [0.05, 0.1) is 12.2 Å². The predicted molar refractivity (Wildman–Crippen MR) is 95.5 cm³/mol. The van der Waals surface area contributed by atoms with Crippen molar-refractivity contribution in [1.82, 2.24) is 24.3 Å². The second kappa shape index (κ2) is 7.21. The summed E-state index contributed by atoms with van der Waals surface area (Å²) in [6.07, 6.45) is 3.87. The van der Waals surface area contributed by atoms with Crippen LogP contribution in [0.3, 0.4) is 0 Å². The molecule has 2 saturated heterocycles. The van der Waals surface area contributed by atoms with Gasteiger partial charge in [0.25, 0.3) is 5.91 Å². The zero-order valence-electron chi connectivity index (χ0n) is 15.3. The second-order valence-corrected chi connectivity index (χ2v) is 9.15. The molecule has 0 saturated carbocycles. The van der Waals surface area contributed by atoms with Crippen molar-refractivity contribution in [2.24, 2.45) is 0 Å². The molecule has 0 aliphatic carbocycles. The average Bonchev–Trinajstić information content (AvgIpc) is 3.10. The zero-order chi connectivity index (χ0) is 19.9. The van der Waals surface area contributed by atoms with Crippen molar-refractivity contribution in [2.75, 3.05) is 32.4 Å². The van der Waals surface area contributed by atoms with Crippen LogP contribution in [0.5, 0.6) is 0 Å². The maximum atomic E-state index is 13.7. The minimum absolute atomic E-state index is 0.0518. The molecule has 2 aromatic rings. The van der Waals surface area contributed by atoms with Gasteiger partial charge in [-0.05, 0) is 25.0 Å². The predicted octanol–water partition coefficient (Wildman–Crippen LogP) is 0.982. The summed E-state index contributed by atoms with van der Waals surface area (Å²) in [7, 11) is -3.18. The lowest BCUT2D eigenvalue weighted by atomic mass is 9.97. The summed E-state index contributed by atoms with van der Waals surface area (Å²) in [6, 6.07) is 2.64. The minimum Gasteiger partial charge on any atom is -0.339 e. The molecule has 0 radical (unpaired) electrons. The van der Waals surface area contributed by atoms with Gasteiger partial charge in [-0.25, -0.2) is 22.1 Å². The molecule has 0 bridgehead atoms. The first-order valence-corrected chi connectivity index (χ1v) is 10.9. The molecule has 28 heavy (non-hydrogen) atoms. The molecule has 4 rings (SSSR count). The van der Waals surface area contributed by atoms with Crippen LogP contribution in [-0.2, 0) is 10.0 Å². The van der Waals surface area contributed by atoms with Gasteiger partial charge in [0.1, 0.15) is 0 Å². The number of likely N-dealkylation sites (tertiary alicyclic amines) is 1. The number of nitrogens with zero attached hydrogens (tertiary/aromatic N) is 5. The van der Waals surface area contributed by atoms with E-state index < -0.39 is 21.7 Å². The molecule has 0 spiro atoms. The van der Waals surface area contributed by atoms with Crippen LogP contribution in [0, 0.1) is 5.82 Å². The zero-order valence-corrected chi connectivity index (χ0v) is 16.1. The van der Waals surface area contributed by atoms with Gasteiger partial charge < -0.3 is 9.42 Å². The normalized spacial score (nSPS) is 19.6. The third-order valence-electron chi connectivity index (χ3n) is 5.22. The molecule has 2 aliphatic rings. The summed E-state index contributed by atoms with van der Waals surface area (Å²) in [5.41, 5.74) is -0.190. The van der Waals surface area contributed by atoms with Gasteiger partial charge in [0.15, 0.2) is 17.3 Å². The molecule has 150 valence electrons. The molecule has 1 amide bonds. The smallest absolute Gasteiger partial charge is 0.275 e. The van der Waals surface area contributed by atoms with Gasteiger partial charge in [-0.1, -0.05) is 5.16 Å². The second-order valence-electron chi connectivity index (χ2n) is 7.17.